The molecule has 380 valence electrons. The van der Waals surface area contributed by atoms with Crippen LogP contribution < -0.4 is 26.4 Å². The van der Waals surface area contributed by atoms with Crippen LogP contribution >= 0.6 is 11.3 Å². The summed E-state index contributed by atoms with van der Waals surface area (Å²) in [6, 6.07) is 15.7. The number of benzene rings is 2. The molecule has 5 aromatic rings. The number of hydrogen-bond donors (Lipinski definition) is 4. The van der Waals surface area contributed by atoms with Crippen molar-refractivity contribution in [1.82, 2.24) is 29.7 Å². The molecule has 3 aromatic heterocycles. The van der Waals surface area contributed by atoms with Crippen molar-refractivity contribution in [2.24, 2.45) is 16.9 Å². The third-order valence-electron chi connectivity index (χ3n) is 12.5. The summed E-state index contributed by atoms with van der Waals surface area (Å²) in [5.41, 5.74) is 17.3. The molecule has 0 unspecified atom stereocenters. The zero-order valence-electron chi connectivity index (χ0n) is 42.3. The van der Waals surface area contributed by atoms with E-state index in [9.17, 15) is 18.7 Å². The molecule has 0 spiro atoms. The van der Waals surface area contributed by atoms with Gasteiger partial charge in [0.2, 0.25) is 18.3 Å². The van der Waals surface area contributed by atoms with E-state index in [1.54, 1.807) is 22.3 Å². The van der Waals surface area contributed by atoms with Gasteiger partial charge < -0.3 is 41.3 Å². The molecule has 2 amide bonds. The summed E-state index contributed by atoms with van der Waals surface area (Å²) in [4.78, 5) is 45.4. The van der Waals surface area contributed by atoms with Gasteiger partial charge in [-0.05, 0) is 119 Å². The fourth-order valence-corrected chi connectivity index (χ4v) is 9.60. The van der Waals surface area contributed by atoms with Crippen molar-refractivity contribution in [2.45, 2.75) is 131 Å². The number of nitrogens with zero attached hydrogens (tertiary/aromatic N) is 7. The van der Waals surface area contributed by atoms with Crippen LogP contribution in [0.15, 0.2) is 66.4 Å². The molecule has 3 aliphatic rings. The van der Waals surface area contributed by atoms with E-state index in [4.69, 9.17) is 15.3 Å². The first-order valence-corrected chi connectivity index (χ1v) is 25.4. The molecule has 0 saturated carbocycles. The van der Waals surface area contributed by atoms with E-state index in [1.807, 2.05) is 50.4 Å². The highest BCUT2D eigenvalue weighted by atomic mass is 32.1. The van der Waals surface area contributed by atoms with Crippen LogP contribution in [-0.2, 0) is 16.1 Å². The number of ether oxygens (including phenoxy) is 1. The highest BCUT2D eigenvalue weighted by Crippen LogP contribution is 2.40. The number of halogens is 2. The first kappa shape index (κ1) is 55.3. The highest BCUT2D eigenvalue weighted by molar-refractivity contribution is 7.13. The van der Waals surface area contributed by atoms with Crippen molar-refractivity contribution in [2.75, 3.05) is 49.5 Å². The Hall–Kier alpha value is -5.62. The summed E-state index contributed by atoms with van der Waals surface area (Å²) in [6.07, 6.45) is 10.3. The molecule has 17 heteroatoms. The van der Waals surface area contributed by atoms with E-state index in [1.165, 1.54) is 47.9 Å². The lowest BCUT2D eigenvalue weighted by Crippen LogP contribution is -2.38. The lowest BCUT2D eigenvalue weighted by Gasteiger charge is -2.34. The zero-order chi connectivity index (χ0) is 51.0. The molecule has 2 atom stereocenters. The Bertz CT molecular complexity index is 2410. The summed E-state index contributed by atoms with van der Waals surface area (Å²) >= 11 is 1.67. The molecule has 3 aliphatic heterocycles. The minimum absolute atomic E-state index is 0.0193. The number of aliphatic hydroxyl groups excluding tert-OH is 1. The van der Waals surface area contributed by atoms with Gasteiger partial charge in [-0.1, -0.05) is 70.9 Å². The number of unbranched alkanes of at least 4 members (excludes halogenated alkanes) is 2. The number of nitrogens with two attached hydrogens (primary N) is 2. The Morgan fingerprint density at radius 2 is 1.71 bits per heavy atom. The van der Waals surface area contributed by atoms with E-state index in [0.29, 0.717) is 55.6 Å². The molecule has 0 aliphatic carbocycles. The van der Waals surface area contributed by atoms with Gasteiger partial charge in [-0.15, -0.1) is 11.3 Å². The van der Waals surface area contributed by atoms with Crippen molar-refractivity contribution in [1.29, 1.82) is 0 Å². The number of β-amino-alcohol motifs (C(OH)–C–C–N with tert-alkyl or cyclic N) is 1. The monoisotopic (exact) mass is 985 g/mol. The Morgan fingerprint density at radius 3 is 2.29 bits per heavy atom. The predicted molar refractivity (Wildman–Crippen MR) is 277 cm³/mol. The average Bonchev–Trinajstić information content (AvgIpc) is 3.93. The number of carbonyl (C=O) groups excluding carboxylic acids is 2. The van der Waals surface area contributed by atoms with Crippen molar-refractivity contribution >= 4 is 41.1 Å². The topological polar surface area (TPSA) is 189 Å². The van der Waals surface area contributed by atoms with E-state index in [-0.39, 0.29) is 53.3 Å². The van der Waals surface area contributed by atoms with Gasteiger partial charge in [-0.3, -0.25) is 9.59 Å². The number of carbonyl (C=O) groups is 2. The fourth-order valence-electron chi connectivity index (χ4n) is 8.79. The smallest absolute Gasteiger partial charge is 0.229 e. The number of hydrogen-bond acceptors (Lipinski definition) is 13. The predicted octanol–water partition coefficient (Wildman–Crippen LogP) is 9.62. The minimum atomic E-state index is -0.628. The molecule has 0 radical (unpaired) electrons. The van der Waals surface area contributed by atoms with Gasteiger partial charge >= 0.3 is 0 Å². The van der Waals surface area contributed by atoms with Gasteiger partial charge in [0.05, 0.1) is 40.6 Å². The molecular formula is C53H74F2N10O4S. The molecule has 0 bridgehead atoms. The van der Waals surface area contributed by atoms with Gasteiger partial charge in [0, 0.05) is 43.4 Å². The summed E-state index contributed by atoms with van der Waals surface area (Å²) in [5.74, 6) is 0.475. The van der Waals surface area contributed by atoms with Crippen LogP contribution in [0.2, 0.25) is 0 Å². The number of nitrogens with one attached hydrogen (secondary N) is 1. The number of likely N-dealkylation sites (tertiary alicyclic amines) is 2. The van der Waals surface area contributed by atoms with Crippen LogP contribution in [0.3, 0.4) is 0 Å². The molecule has 70 heavy (non-hydrogen) atoms. The SMILES string of the molecule is CCCCCN1CCC(c2ccc(Nc3ncc(F)c(-c4cc(F)c5c(c4)N(C(C)C)CCO5)n3)nc2)CC1.C[C@@H]1C[C@@H](O)CN1C(=O)CC(C)(C)C.Cc1ncsc1-c1ccc(CN)cc1.NC=O. The van der Waals surface area contributed by atoms with Gasteiger partial charge in [0.25, 0.3) is 0 Å². The second kappa shape index (κ2) is 26.6. The van der Waals surface area contributed by atoms with Crippen molar-refractivity contribution in [3.63, 3.8) is 0 Å². The number of amides is 2. The van der Waals surface area contributed by atoms with Gasteiger partial charge in [-0.25, -0.2) is 28.7 Å². The van der Waals surface area contributed by atoms with Crippen LogP contribution in [0, 0.1) is 24.0 Å². The second-order valence-electron chi connectivity index (χ2n) is 19.6. The standard InChI is InChI=1S/C30H38F2N6O.C11H12N2S.C11H21NO2.CH3NO/c1-4-5-6-11-37-12-9-21(10-13-37)22-7-8-27(33-18-22)35-30-34-19-25(32)28(36-30)23-16-24(31)29-26(17-23)38(20(2)3)14-15-39-29;1-8-11(14-7-13-8)10-4-2-9(6-12)3-5-10;1-8-5-9(13)7-12(8)10(14)6-11(2,3)4;2-1-3/h7-8,16-21H,4-6,9-15H2,1-3H3,(H,33,34,35,36);2-5,7H,6,12H2,1H3;8-9,13H,5-7H2,1-4H3;1H,(H2,2,3)/t;;8-,9-;/m..1./s1. The van der Waals surface area contributed by atoms with Crippen molar-refractivity contribution < 1.29 is 28.2 Å². The lowest BCUT2D eigenvalue weighted by atomic mass is 9.90. The molecule has 8 rings (SSSR count). The van der Waals surface area contributed by atoms with Crippen LogP contribution in [0.1, 0.15) is 116 Å². The number of anilines is 3. The first-order chi connectivity index (χ1) is 33.4. The molecule has 2 saturated heterocycles. The van der Waals surface area contributed by atoms with E-state index in [2.05, 4.69) is 93.9 Å². The molecule has 14 nitrogen and oxygen atoms in total. The number of aryl methyl sites for hydroxylation is 1. The summed E-state index contributed by atoms with van der Waals surface area (Å²) in [6.45, 7) is 22.1. The van der Waals surface area contributed by atoms with Gasteiger partial charge in [-0.2, -0.15) is 0 Å². The Morgan fingerprint density at radius 1 is 1.00 bits per heavy atom. The quantitative estimate of drug-likeness (QED) is 0.0686. The Labute approximate surface area is 417 Å². The largest absolute Gasteiger partial charge is 0.486 e. The normalized spacial score (nSPS) is 17.0. The fraction of sp³-hybridized carbons (Fsp3) is 0.509. The number of fused-ring (bicyclic) bond motifs is 1. The highest BCUT2D eigenvalue weighted by Gasteiger charge is 2.33. The van der Waals surface area contributed by atoms with Crippen LogP contribution in [0.4, 0.5) is 26.2 Å². The molecule has 2 aromatic carbocycles. The number of pyridine rings is 1. The maximum atomic E-state index is 15.0. The second-order valence-corrected chi connectivity index (χ2v) is 20.4. The van der Waals surface area contributed by atoms with Crippen LogP contribution in [-0.4, -0.2) is 105 Å². The number of thiazole rings is 1. The third kappa shape index (κ3) is 16.0. The first-order valence-electron chi connectivity index (χ1n) is 24.5. The minimum Gasteiger partial charge on any atom is -0.486 e. The zero-order valence-corrected chi connectivity index (χ0v) is 43.1. The summed E-state index contributed by atoms with van der Waals surface area (Å²) in [7, 11) is 0. The number of primary amides is 1. The van der Waals surface area contributed by atoms with Crippen LogP contribution in [0.5, 0.6) is 5.75 Å². The van der Waals surface area contributed by atoms with Crippen LogP contribution in [0.25, 0.3) is 21.7 Å². The number of aromatic nitrogens is 4. The van der Waals surface area contributed by atoms with Crippen molar-refractivity contribution in [3.05, 3.63) is 94.9 Å². The number of rotatable bonds is 12. The van der Waals surface area contributed by atoms with Gasteiger partial charge in [0.1, 0.15) is 18.1 Å². The number of aliphatic hydroxyl groups is 1. The molecule has 6 heterocycles. The van der Waals surface area contributed by atoms with Gasteiger partial charge in [0.15, 0.2) is 17.4 Å². The molecular weight excluding hydrogens is 911 g/mol. The van der Waals surface area contributed by atoms with E-state index in [0.717, 1.165) is 49.8 Å². The average molecular weight is 985 g/mol. The lowest BCUT2D eigenvalue weighted by molar-refractivity contribution is -0.133. The number of piperidine rings is 1. The third-order valence-corrected chi connectivity index (χ3v) is 13.4. The van der Waals surface area contributed by atoms with Crippen molar-refractivity contribution in [3.8, 4) is 27.4 Å². The maximum absolute atomic E-state index is 15.0. The van der Waals surface area contributed by atoms with E-state index < -0.39 is 11.6 Å². The Balaban J connectivity index is 0.000000239. The maximum Gasteiger partial charge on any atom is 0.229 e. The molecule has 2 fully saturated rings. The van der Waals surface area contributed by atoms with E-state index >= 15 is 0 Å². The molecule has 6 N–H and O–H groups in total. The summed E-state index contributed by atoms with van der Waals surface area (Å²) < 4.78 is 35.4. The Kier molecular flexibility index (Phi) is 21.0. The summed E-state index contributed by atoms with van der Waals surface area (Å²) in [5, 5.41) is 12.5.